The molecule has 0 bridgehead atoms. The van der Waals surface area contributed by atoms with E-state index < -0.39 is 20.2 Å². The Morgan fingerprint density at radius 3 is 1.72 bits per heavy atom. The Morgan fingerprint density at radius 2 is 1.25 bits per heavy atom. The van der Waals surface area contributed by atoms with Crippen LogP contribution < -0.4 is 5.32 Å². The molecule has 0 atom stereocenters. The molecule has 4 aromatic rings. The third-order valence-electron chi connectivity index (χ3n) is 5.28. The van der Waals surface area contributed by atoms with Crippen molar-refractivity contribution in [3.63, 3.8) is 0 Å². The summed E-state index contributed by atoms with van der Waals surface area (Å²) in [5.41, 5.74) is 4.36. The lowest BCUT2D eigenvalue weighted by Crippen LogP contribution is -2.26. The predicted octanol–water partition coefficient (Wildman–Crippen LogP) is 3.24. The maximum absolute atomic E-state index is 10.4. The second-order valence-corrected chi connectivity index (χ2v) is 10.5. The van der Waals surface area contributed by atoms with Gasteiger partial charge in [-0.15, -0.1) is 0 Å². The van der Waals surface area contributed by atoms with E-state index >= 15 is 0 Å². The van der Waals surface area contributed by atoms with E-state index in [1.165, 1.54) is 29.8 Å². The summed E-state index contributed by atoms with van der Waals surface area (Å²) >= 11 is 0. The van der Waals surface area contributed by atoms with E-state index in [0.717, 1.165) is 41.7 Å². The minimum atomic E-state index is -4.00. The number of nitrogens with zero attached hydrogens (tertiary/aromatic N) is 1. The Bertz CT molecular complexity index is 1440. The second-order valence-electron chi connectivity index (χ2n) is 7.69. The Hall–Kier alpha value is -3.19. The zero-order chi connectivity index (χ0) is 26.2. The molecule has 36 heavy (non-hydrogen) atoms. The normalized spacial score (nSPS) is 13.0. The number of fused-ring (bicyclic) bond motifs is 2. The summed E-state index contributed by atoms with van der Waals surface area (Å²) in [6, 6.07) is 22.9. The number of pyridine rings is 1. The highest BCUT2D eigenvalue weighted by Gasteiger charge is 2.16. The Morgan fingerprint density at radius 1 is 0.750 bits per heavy atom. The Balaban J connectivity index is 0.000000159. The first-order chi connectivity index (χ1) is 17.1. The van der Waals surface area contributed by atoms with Gasteiger partial charge in [-0.25, -0.2) is 0 Å². The van der Waals surface area contributed by atoms with Gasteiger partial charge < -0.3 is 10.4 Å². The van der Waals surface area contributed by atoms with Gasteiger partial charge in [-0.3, -0.25) is 14.1 Å². The zero-order valence-electron chi connectivity index (χ0n) is 19.1. The number of hydrogen-bond acceptors (Lipinski definition) is 7. The quantitative estimate of drug-likeness (QED) is 0.292. The lowest BCUT2D eigenvalue weighted by molar-refractivity contribution is 0.281. The number of benzene rings is 3. The second kappa shape index (κ2) is 12.2. The maximum Gasteiger partial charge on any atom is 0.294 e. The minimum absolute atomic E-state index is 0.0741. The van der Waals surface area contributed by atoms with Crippen LogP contribution in [0, 0.1) is 0 Å². The van der Waals surface area contributed by atoms with E-state index in [9.17, 15) is 21.9 Å². The molecule has 0 saturated carbocycles. The van der Waals surface area contributed by atoms with Gasteiger partial charge in [0.1, 0.15) is 0 Å². The van der Waals surface area contributed by atoms with Crippen LogP contribution >= 0.6 is 0 Å². The van der Waals surface area contributed by atoms with Crippen molar-refractivity contribution in [1.29, 1.82) is 0 Å². The smallest absolute Gasteiger partial charge is 0.294 e. The van der Waals surface area contributed by atoms with Crippen molar-refractivity contribution < 1.29 is 31.0 Å². The summed E-state index contributed by atoms with van der Waals surface area (Å²) in [6.45, 7) is 1.89. The summed E-state index contributed by atoms with van der Waals surface area (Å²) in [4.78, 5) is 4.53. The first-order valence-electron chi connectivity index (χ1n) is 10.9. The number of aromatic nitrogens is 1. The van der Waals surface area contributed by atoms with Gasteiger partial charge in [-0.1, -0.05) is 54.6 Å². The highest BCUT2D eigenvalue weighted by Crippen LogP contribution is 2.25. The van der Waals surface area contributed by atoms with Crippen molar-refractivity contribution in [3.8, 4) is 0 Å². The predicted molar refractivity (Wildman–Crippen MR) is 136 cm³/mol. The monoisotopic (exact) mass is 530 g/mol. The number of aliphatic hydroxyl groups excluding tert-OH is 1. The van der Waals surface area contributed by atoms with Crippen molar-refractivity contribution in [1.82, 2.24) is 10.3 Å². The van der Waals surface area contributed by atoms with E-state index in [1.807, 2.05) is 24.3 Å². The highest BCUT2D eigenvalue weighted by molar-refractivity contribution is 7.86. The van der Waals surface area contributed by atoms with E-state index in [-0.39, 0.29) is 16.4 Å². The van der Waals surface area contributed by atoms with Crippen LogP contribution in [0.4, 0.5) is 0 Å². The largest absolute Gasteiger partial charge is 0.392 e. The fourth-order valence-electron chi connectivity index (χ4n) is 3.58. The topological polar surface area (TPSA) is 154 Å². The van der Waals surface area contributed by atoms with Gasteiger partial charge in [-0.2, -0.15) is 16.8 Å². The fourth-order valence-corrected chi connectivity index (χ4v) is 4.58. The van der Waals surface area contributed by atoms with Crippen molar-refractivity contribution in [3.05, 3.63) is 102 Å². The molecular formula is C25H26N2O7S2. The van der Waals surface area contributed by atoms with Crippen LogP contribution in [0.5, 0.6) is 0 Å². The zero-order valence-corrected chi connectivity index (χ0v) is 20.8. The average Bonchev–Trinajstić information content (AvgIpc) is 2.88. The van der Waals surface area contributed by atoms with Crippen LogP contribution in [0.1, 0.15) is 16.8 Å². The van der Waals surface area contributed by atoms with Crippen LogP contribution in [0.15, 0.2) is 94.7 Å². The fraction of sp³-hybridized carbons (Fsp3) is 0.160. The van der Waals surface area contributed by atoms with Crippen molar-refractivity contribution in [2.45, 2.75) is 29.4 Å². The standard InChI is InChI=1S/C13H14N2O.2C6H6O3S/c16-8-11-9-3-1-2-4-12(9)15-13-5-6-14-7-10(11)13;2*7-10(8,9)6-4-2-1-3-5-6/h1-4,14,16H,5-8H2;2*1-5H,(H,7,8,9). The van der Waals surface area contributed by atoms with E-state index in [2.05, 4.69) is 10.3 Å². The number of para-hydroxylation sites is 1. The maximum atomic E-state index is 10.4. The molecular weight excluding hydrogens is 504 g/mol. The van der Waals surface area contributed by atoms with E-state index in [1.54, 1.807) is 36.4 Å². The lowest BCUT2D eigenvalue weighted by Gasteiger charge is -2.20. The molecule has 3 aromatic carbocycles. The SMILES string of the molecule is O=S(=O)(O)c1ccccc1.O=S(=O)(O)c1ccccc1.OCc1c2c(nc3ccccc13)CCNC2. The Kier molecular flexibility index (Phi) is 9.26. The molecule has 9 nitrogen and oxygen atoms in total. The molecule has 0 saturated heterocycles. The summed E-state index contributed by atoms with van der Waals surface area (Å²) in [7, 11) is -8.01. The van der Waals surface area contributed by atoms with Crippen LogP contribution in [-0.2, 0) is 39.8 Å². The molecule has 0 radical (unpaired) electrons. The van der Waals surface area contributed by atoms with Gasteiger partial charge in [0.15, 0.2) is 0 Å². The van der Waals surface area contributed by atoms with Crippen LogP contribution in [0.2, 0.25) is 0 Å². The van der Waals surface area contributed by atoms with Crippen molar-refractivity contribution >= 4 is 31.1 Å². The number of hydrogen-bond donors (Lipinski definition) is 4. The molecule has 0 spiro atoms. The average molecular weight is 531 g/mol. The molecule has 1 aliphatic heterocycles. The molecule has 4 N–H and O–H groups in total. The third kappa shape index (κ3) is 7.40. The molecule has 1 aromatic heterocycles. The van der Waals surface area contributed by atoms with Gasteiger partial charge in [-0.05, 0) is 41.5 Å². The van der Waals surface area contributed by atoms with Gasteiger partial charge in [0.25, 0.3) is 20.2 Å². The molecule has 0 amide bonds. The molecule has 0 fully saturated rings. The van der Waals surface area contributed by atoms with Gasteiger partial charge in [0.05, 0.1) is 21.9 Å². The summed E-state index contributed by atoms with van der Waals surface area (Å²) in [5.74, 6) is 0. The summed E-state index contributed by atoms with van der Waals surface area (Å²) < 4.78 is 58.5. The highest BCUT2D eigenvalue weighted by atomic mass is 32.2. The summed E-state index contributed by atoms with van der Waals surface area (Å²) in [5, 5.41) is 13.9. The number of aliphatic hydroxyl groups is 1. The molecule has 190 valence electrons. The minimum Gasteiger partial charge on any atom is -0.392 e. The van der Waals surface area contributed by atoms with Crippen LogP contribution in [0.3, 0.4) is 0 Å². The molecule has 11 heteroatoms. The molecule has 0 aliphatic carbocycles. The number of rotatable bonds is 3. The van der Waals surface area contributed by atoms with E-state index in [4.69, 9.17) is 9.11 Å². The van der Waals surface area contributed by atoms with E-state index in [0.29, 0.717) is 0 Å². The van der Waals surface area contributed by atoms with Gasteiger partial charge in [0.2, 0.25) is 0 Å². The molecule has 5 rings (SSSR count). The first-order valence-corrected chi connectivity index (χ1v) is 13.8. The van der Waals surface area contributed by atoms with Crippen LogP contribution in [-0.4, -0.2) is 42.6 Å². The van der Waals surface area contributed by atoms with Crippen molar-refractivity contribution in [2.75, 3.05) is 6.54 Å². The molecule has 0 unspecified atom stereocenters. The third-order valence-corrected chi connectivity index (χ3v) is 7.01. The lowest BCUT2D eigenvalue weighted by atomic mass is 9.97. The number of nitrogens with one attached hydrogen (secondary N) is 1. The summed E-state index contributed by atoms with van der Waals surface area (Å²) in [6.07, 6.45) is 0.952. The molecule has 2 heterocycles. The van der Waals surface area contributed by atoms with Gasteiger partial charge in [0, 0.05) is 30.6 Å². The first kappa shape index (κ1) is 27.4. The van der Waals surface area contributed by atoms with Crippen LogP contribution in [0.25, 0.3) is 10.9 Å². The Labute approximate surface area is 210 Å². The van der Waals surface area contributed by atoms with Gasteiger partial charge >= 0.3 is 0 Å². The molecule has 1 aliphatic rings. The van der Waals surface area contributed by atoms with Crippen molar-refractivity contribution in [2.24, 2.45) is 0 Å².